The number of aryl methyl sites for hydroxylation is 1. The van der Waals surface area contributed by atoms with E-state index < -0.39 is 0 Å². The van der Waals surface area contributed by atoms with Gasteiger partial charge in [-0.2, -0.15) is 10.2 Å². The highest BCUT2D eigenvalue weighted by molar-refractivity contribution is 5.94. The standard InChI is InChI=1S/C20H27N7O3/c1-14-4-5-17(28)27(23-14)13-18(29)26-9-6-15-16(12-26)21-22-19(15)20(30)25-8-3-7-24(2)10-11-25/h4-5H,3,6-13H2,1-2H3,(H,21,22). The van der Waals surface area contributed by atoms with E-state index in [-0.39, 0.29) is 23.9 Å². The molecule has 0 saturated carbocycles. The first kappa shape index (κ1) is 20.3. The van der Waals surface area contributed by atoms with Crippen LogP contribution in [0, 0.1) is 6.92 Å². The molecule has 2 aliphatic heterocycles. The SMILES string of the molecule is Cc1ccc(=O)n(CC(=O)N2CCc3c(C(=O)N4CCCN(C)CC4)n[nH]c3C2)n1. The summed E-state index contributed by atoms with van der Waals surface area (Å²) in [4.78, 5) is 43.4. The molecule has 0 unspecified atom stereocenters. The topological polar surface area (TPSA) is 107 Å². The minimum absolute atomic E-state index is 0.0434. The highest BCUT2D eigenvalue weighted by Crippen LogP contribution is 2.22. The number of aromatic amines is 1. The van der Waals surface area contributed by atoms with Crippen LogP contribution >= 0.6 is 0 Å². The molecule has 0 radical (unpaired) electrons. The van der Waals surface area contributed by atoms with Crippen LogP contribution in [0.25, 0.3) is 0 Å². The summed E-state index contributed by atoms with van der Waals surface area (Å²) in [6.07, 6.45) is 1.51. The molecule has 10 heteroatoms. The fraction of sp³-hybridized carbons (Fsp3) is 0.550. The molecule has 0 spiro atoms. The molecule has 1 saturated heterocycles. The number of rotatable bonds is 3. The number of H-pyrrole nitrogens is 1. The fourth-order valence-electron chi connectivity index (χ4n) is 4.00. The third-order valence-electron chi connectivity index (χ3n) is 5.78. The second-order valence-corrected chi connectivity index (χ2v) is 8.01. The molecule has 2 aromatic heterocycles. The molecule has 30 heavy (non-hydrogen) atoms. The van der Waals surface area contributed by atoms with Gasteiger partial charge in [-0.3, -0.25) is 19.5 Å². The largest absolute Gasteiger partial charge is 0.336 e. The number of hydrogen-bond acceptors (Lipinski definition) is 6. The lowest BCUT2D eigenvalue weighted by atomic mass is 10.0. The van der Waals surface area contributed by atoms with Crippen LogP contribution < -0.4 is 5.56 Å². The molecule has 0 aliphatic carbocycles. The minimum atomic E-state index is -0.302. The molecule has 2 aromatic rings. The van der Waals surface area contributed by atoms with E-state index in [2.05, 4.69) is 27.2 Å². The zero-order valence-corrected chi connectivity index (χ0v) is 17.4. The van der Waals surface area contributed by atoms with Crippen LogP contribution in [0.15, 0.2) is 16.9 Å². The van der Waals surface area contributed by atoms with Crippen molar-refractivity contribution in [2.75, 3.05) is 39.8 Å². The third kappa shape index (κ3) is 4.13. The quantitative estimate of drug-likeness (QED) is 0.736. The molecule has 10 nitrogen and oxygen atoms in total. The maximum Gasteiger partial charge on any atom is 0.274 e. The average molecular weight is 413 g/mol. The highest BCUT2D eigenvalue weighted by Gasteiger charge is 2.30. The van der Waals surface area contributed by atoms with Crippen LogP contribution in [0.3, 0.4) is 0 Å². The maximum absolute atomic E-state index is 13.0. The predicted octanol–water partition coefficient (Wildman–Crippen LogP) is -0.363. The first-order chi connectivity index (χ1) is 14.4. The van der Waals surface area contributed by atoms with Crippen molar-refractivity contribution < 1.29 is 9.59 Å². The van der Waals surface area contributed by atoms with Crippen LogP contribution in [0.5, 0.6) is 0 Å². The summed E-state index contributed by atoms with van der Waals surface area (Å²) in [6, 6.07) is 3.04. The van der Waals surface area contributed by atoms with E-state index in [1.807, 2.05) is 4.90 Å². The van der Waals surface area contributed by atoms with Crippen LogP contribution in [0.1, 0.15) is 33.9 Å². The van der Waals surface area contributed by atoms with Gasteiger partial charge in [0.25, 0.3) is 11.5 Å². The van der Waals surface area contributed by atoms with Gasteiger partial charge in [0.15, 0.2) is 5.69 Å². The third-order valence-corrected chi connectivity index (χ3v) is 5.78. The lowest BCUT2D eigenvalue weighted by molar-refractivity contribution is -0.133. The van der Waals surface area contributed by atoms with Crippen molar-refractivity contribution >= 4 is 11.8 Å². The molecule has 160 valence electrons. The van der Waals surface area contributed by atoms with Crippen LogP contribution in [0.2, 0.25) is 0 Å². The molecule has 4 heterocycles. The van der Waals surface area contributed by atoms with Crippen molar-refractivity contribution in [3.05, 3.63) is 45.1 Å². The van der Waals surface area contributed by atoms with Gasteiger partial charge in [-0.15, -0.1) is 0 Å². The second kappa shape index (κ2) is 8.39. The maximum atomic E-state index is 13.0. The van der Waals surface area contributed by atoms with Gasteiger partial charge in [-0.25, -0.2) is 4.68 Å². The Morgan fingerprint density at radius 1 is 1.10 bits per heavy atom. The predicted molar refractivity (Wildman–Crippen MR) is 109 cm³/mol. The van der Waals surface area contributed by atoms with Crippen LogP contribution in [0.4, 0.5) is 0 Å². The number of amides is 2. The highest BCUT2D eigenvalue weighted by atomic mass is 16.2. The number of carbonyl (C=O) groups excluding carboxylic acids is 2. The number of carbonyl (C=O) groups is 2. The zero-order chi connectivity index (χ0) is 21.3. The molecule has 1 fully saturated rings. The molecular weight excluding hydrogens is 386 g/mol. The number of fused-ring (bicyclic) bond motifs is 1. The summed E-state index contributed by atoms with van der Waals surface area (Å²) in [5, 5.41) is 11.4. The van der Waals surface area contributed by atoms with Crippen LogP contribution in [-0.4, -0.2) is 86.3 Å². The molecular formula is C20H27N7O3. The number of nitrogens with zero attached hydrogens (tertiary/aromatic N) is 6. The van der Waals surface area contributed by atoms with E-state index in [4.69, 9.17) is 0 Å². The Balaban J connectivity index is 1.44. The zero-order valence-electron chi connectivity index (χ0n) is 17.4. The Bertz CT molecular complexity index is 1010. The van der Waals surface area contributed by atoms with E-state index in [0.29, 0.717) is 37.4 Å². The van der Waals surface area contributed by atoms with Crippen molar-refractivity contribution in [1.29, 1.82) is 0 Å². The number of aromatic nitrogens is 4. The number of likely N-dealkylation sites (N-methyl/N-ethyl adjacent to an activating group) is 1. The van der Waals surface area contributed by atoms with E-state index in [1.165, 1.54) is 10.7 Å². The second-order valence-electron chi connectivity index (χ2n) is 8.01. The van der Waals surface area contributed by atoms with Gasteiger partial charge < -0.3 is 14.7 Å². The van der Waals surface area contributed by atoms with Gasteiger partial charge in [0.1, 0.15) is 6.54 Å². The fourth-order valence-corrected chi connectivity index (χ4v) is 4.00. The molecule has 2 amide bonds. The van der Waals surface area contributed by atoms with Crippen LogP contribution in [-0.2, 0) is 24.3 Å². The number of nitrogens with one attached hydrogen (secondary N) is 1. The summed E-state index contributed by atoms with van der Waals surface area (Å²) in [5.74, 6) is -0.225. The van der Waals surface area contributed by atoms with E-state index in [1.54, 1.807) is 17.9 Å². The van der Waals surface area contributed by atoms with Crippen molar-refractivity contribution in [3.8, 4) is 0 Å². The lowest BCUT2D eigenvalue weighted by Crippen LogP contribution is -2.41. The van der Waals surface area contributed by atoms with E-state index in [9.17, 15) is 14.4 Å². The molecule has 1 N–H and O–H groups in total. The Morgan fingerprint density at radius 3 is 2.77 bits per heavy atom. The molecule has 4 rings (SSSR count). The Kier molecular flexibility index (Phi) is 5.67. The van der Waals surface area contributed by atoms with E-state index >= 15 is 0 Å². The van der Waals surface area contributed by atoms with Crippen molar-refractivity contribution in [3.63, 3.8) is 0 Å². The first-order valence-corrected chi connectivity index (χ1v) is 10.3. The minimum Gasteiger partial charge on any atom is -0.336 e. The molecule has 2 aliphatic rings. The monoisotopic (exact) mass is 413 g/mol. The van der Waals surface area contributed by atoms with Crippen molar-refractivity contribution in [2.24, 2.45) is 0 Å². The summed E-state index contributed by atoms with van der Waals surface area (Å²) in [5.41, 5.74) is 2.53. The van der Waals surface area contributed by atoms with Gasteiger partial charge in [-0.05, 0) is 39.4 Å². The molecule has 0 aromatic carbocycles. The van der Waals surface area contributed by atoms with Gasteiger partial charge in [0.05, 0.1) is 17.9 Å². The van der Waals surface area contributed by atoms with Gasteiger partial charge in [-0.1, -0.05) is 0 Å². The van der Waals surface area contributed by atoms with Crippen molar-refractivity contribution in [1.82, 2.24) is 34.7 Å². The average Bonchev–Trinajstić information content (AvgIpc) is 3.03. The van der Waals surface area contributed by atoms with Gasteiger partial charge in [0, 0.05) is 37.8 Å². The number of hydrogen-bond donors (Lipinski definition) is 1. The summed E-state index contributed by atoms with van der Waals surface area (Å²) < 4.78 is 1.19. The smallest absolute Gasteiger partial charge is 0.274 e. The molecule has 0 atom stereocenters. The first-order valence-electron chi connectivity index (χ1n) is 10.3. The Labute approximate surface area is 174 Å². The lowest BCUT2D eigenvalue weighted by Gasteiger charge is -2.27. The van der Waals surface area contributed by atoms with Gasteiger partial charge in [0.2, 0.25) is 5.91 Å². The van der Waals surface area contributed by atoms with Gasteiger partial charge >= 0.3 is 0 Å². The normalized spacial score (nSPS) is 17.5. The van der Waals surface area contributed by atoms with E-state index in [0.717, 1.165) is 37.3 Å². The summed E-state index contributed by atoms with van der Waals surface area (Å²) in [6.45, 7) is 5.77. The summed E-state index contributed by atoms with van der Waals surface area (Å²) in [7, 11) is 2.07. The summed E-state index contributed by atoms with van der Waals surface area (Å²) >= 11 is 0. The Hall–Kier alpha value is -3.01. The Morgan fingerprint density at radius 2 is 1.93 bits per heavy atom. The van der Waals surface area contributed by atoms with Crippen molar-refractivity contribution in [2.45, 2.75) is 32.9 Å². The molecule has 0 bridgehead atoms.